The van der Waals surface area contributed by atoms with Crippen LogP contribution in [0.15, 0.2) is 4.52 Å². The number of aromatic nitrogens is 2. The molecule has 1 aromatic rings. The van der Waals surface area contributed by atoms with E-state index in [1.165, 1.54) is 0 Å². The molecule has 82 valence electrons. The van der Waals surface area contributed by atoms with Crippen molar-refractivity contribution in [3.63, 3.8) is 0 Å². The first kappa shape index (κ1) is 9.95. The molecule has 1 aliphatic heterocycles. The van der Waals surface area contributed by atoms with Crippen LogP contribution in [0.2, 0.25) is 0 Å². The number of piperidine rings is 1. The first-order valence-corrected chi connectivity index (χ1v) is 4.96. The van der Waals surface area contributed by atoms with Crippen LogP contribution in [0.5, 0.6) is 0 Å². The minimum absolute atomic E-state index is 0.190. The Bertz CT molecular complexity index is 363. The fourth-order valence-electron chi connectivity index (χ4n) is 1.66. The van der Waals surface area contributed by atoms with Crippen LogP contribution in [0.4, 0.5) is 6.01 Å². The average molecular weight is 210 g/mol. The van der Waals surface area contributed by atoms with E-state index < -0.39 is 0 Å². The number of aryl methyl sites for hydroxylation is 1. The van der Waals surface area contributed by atoms with Crippen LogP contribution in [-0.2, 0) is 4.79 Å². The second-order valence-electron chi connectivity index (χ2n) is 3.80. The lowest BCUT2D eigenvalue weighted by Crippen LogP contribution is -2.43. The molecule has 1 aromatic heterocycles. The second-order valence-corrected chi connectivity index (χ2v) is 3.80. The van der Waals surface area contributed by atoms with Crippen molar-refractivity contribution in [2.45, 2.75) is 25.8 Å². The fraction of sp³-hybridized carbons (Fsp3) is 0.667. The predicted molar refractivity (Wildman–Crippen MR) is 53.3 cm³/mol. The maximum absolute atomic E-state index is 11.2. The zero-order chi connectivity index (χ0) is 10.8. The Morgan fingerprint density at radius 1 is 1.60 bits per heavy atom. The Hall–Kier alpha value is -1.59. The van der Waals surface area contributed by atoms with Crippen LogP contribution < -0.4 is 5.32 Å². The van der Waals surface area contributed by atoms with E-state index in [1.54, 1.807) is 18.9 Å². The van der Waals surface area contributed by atoms with Crippen LogP contribution in [0, 0.1) is 6.92 Å². The predicted octanol–water partition coefficient (Wildman–Crippen LogP) is 0.411. The third-order valence-electron chi connectivity index (χ3n) is 2.48. The maximum Gasteiger partial charge on any atom is 0.321 e. The minimum atomic E-state index is 0.190. The number of hydrogen-bond donors (Lipinski definition) is 1. The van der Waals surface area contributed by atoms with Crippen LogP contribution in [-0.4, -0.2) is 40.6 Å². The van der Waals surface area contributed by atoms with Gasteiger partial charge >= 0.3 is 6.01 Å². The number of amides is 1. The van der Waals surface area contributed by atoms with Gasteiger partial charge in [0.25, 0.3) is 0 Å². The van der Waals surface area contributed by atoms with Gasteiger partial charge in [-0.15, -0.1) is 0 Å². The van der Waals surface area contributed by atoms with E-state index in [0.717, 1.165) is 6.42 Å². The van der Waals surface area contributed by atoms with Gasteiger partial charge in [0.05, 0.1) is 0 Å². The lowest BCUT2D eigenvalue weighted by atomic mass is 10.1. The van der Waals surface area contributed by atoms with E-state index in [2.05, 4.69) is 15.5 Å². The zero-order valence-corrected chi connectivity index (χ0v) is 8.86. The topological polar surface area (TPSA) is 71.3 Å². The highest BCUT2D eigenvalue weighted by Crippen LogP contribution is 2.14. The summed E-state index contributed by atoms with van der Waals surface area (Å²) in [5.74, 6) is 0.799. The van der Waals surface area contributed by atoms with Gasteiger partial charge in [-0.25, -0.2) is 0 Å². The Morgan fingerprint density at radius 3 is 3.00 bits per heavy atom. The van der Waals surface area contributed by atoms with Crippen molar-refractivity contribution in [1.82, 2.24) is 15.0 Å². The molecule has 0 aromatic carbocycles. The van der Waals surface area contributed by atoms with E-state index >= 15 is 0 Å². The van der Waals surface area contributed by atoms with Gasteiger partial charge in [0.2, 0.25) is 5.91 Å². The molecule has 6 nitrogen and oxygen atoms in total. The number of likely N-dealkylation sites (tertiary alicyclic amines) is 1. The molecule has 15 heavy (non-hydrogen) atoms. The molecular formula is C9H14N4O2. The molecule has 2 heterocycles. The van der Waals surface area contributed by atoms with Crippen molar-refractivity contribution in [3.8, 4) is 0 Å². The van der Waals surface area contributed by atoms with Gasteiger partial charge in [0.1, 0.15) is 0 Å². The SMILES string of the molecule is Cc1noc(NC2CCC(=O)N(C)C2)n1. The molecular weight excluding hydrogens is 196 g/mol. The summed E-state index contributed by atoms with van der Waals surface area (Å²) in [5, 5.41) is 6.81. The van der Waals surface area contributed by atoms with Gasteiger partial charge < -0.3 is 14.7 Å². The van der Waals surface area contributed by atoms with Crippen molar-refractivity contribution in [2.24, 2.45) is 0 Å². The molecule has 6 heteroatoms. The molecule has 1 fully saturated rings. The Morgan fingerprint density at radius 2 is 2.40 bits per heavy atom. The van der Waals surface area contributed by atoms with Crippen LogP contribution in [0.1, 0.15) is 18.7 Å². The Balaban J connectivity index is 1.93. The van der Waals surface area contributed by atoms with E-state index in [0.29, 0.717) is 24.8 Å². The molecule has 1 saturated heterocycles. The van der Waals surface area contributed by atoms with E-state index in [9.17, 15) is 4.79 Å². The molecule has 1 atom stereocenters. The average Bonchev–Trinajstić information content (AvgIpc) is 2.58. The van der Waals surface area contributed by atoms with Gasteiger partial charge in [-0.05, 0) is 13.3 Å². The number of rotatable bonds is 2. The molecule has 0 spiro atoms. The van der Waals surface area contributed by atoms with E-state index in [4.69, 9.17) is 4.52 Å². The van der Waals surface area contributed by atoms with Gasteiger partial charge in [0.15, 0.2) is 5.82 Å². The lowest BCUT2D eigenvalue weighted by molar-refractivity contribution is -0.132. The molecule has 1 unspecified atom stereocenters. The number of hydrogen-bond acceptors (Lipinski definition) is 5. The number of likely N-dealkylation sites (N-methyl/N-ethyl adjacent to an activating group) is 1. The molecule has 2 rings (SSSR count). The molecule has 1 N–H and O–H groups in total. The summed E-state index contributed by atoms with van der Waals surface area (Å²) in [7, 11) is 1.80. The Labute approximate surface area is 87.6 Å². The summed E-state index contributed by atoms with van der Waals surface area (Å²) < 4.78 is 4.95. The molecule has 0 bridgehead atoms. The van der Waals surface area contributed by atoms with Gasteiger partial charge in [-0.3, -0.25) is 4.79 Å². The first-order valence-electron chi connectivity index (χ1n) is 4.96. The summed E-state index contributed by atoms with van der Waals surface area (Å²) in [4.78, 5) is 17.0. The fourth-order valence-corrected chi connectivity index (χ4v) is 1.66. The normalized spacial score (nSPS) is 21.9. The molecule has 0 saturated carbocycles. The van der Waals surface area contributed by atoms with Crippen LogP contribution in [0.25, 0.3) is 0 Å². The summed E-state index contributed by atoms with van der Waals surface area (Å²) >= 11 is 0. The van der Waals surface area contributed by atoms with Crippen LogP contribution >= 0.6 is 0 Å². The summed E-state index contributed by atoms with van der Waals surface area (Å²) in [6.07, 6.45) is 1.38. The highest BCUT2D eigenvalue weighted by Gasteiger charge is 2.23. The van der Waals surface area contributed by atoms with Gasteiger partial charge in [0, 0.05) is 26.1 Å². The van der Waals surface area contributed by atoms with Crippen LogP contribution in [0.3, 0.4) is 0 Å². The van der Waals surface area contributed by atoms with Gasteiger partial charge in [-0.1, -0.05) is 5.16 Å². The highest BCUT2D eigenvalue weighted by molar-refractivity contribution is 5.76. The van der Waals surface area contributed by atoms with Crippen molar-refractivity contribution in [3.05, 3.63) is 5.82 Å². The van der Waals surface area contributed by atoms with Crippen molar-refractivity contribution >= 4 is 11.9 Å². The minimum Gasteiger partial charge on any atom is -0.344 e. The third kappa shape index (κ3) is 2.26. The molecule has 0 radical (unpaired) electrons. The number of carbonyl (C=O) groups is 1. The Kier molecular flexibility index (Phi) is 2.57. The lowest BCUT2D eigenvalue weighted by Gasteiger charge is -2.29. The largest absolute Gasteiger partial charge is 0.344 e. The smallest absolute Gasteiger partial charge is 0.321 e. The van der Waals surface area contributed by atoms with E-state index in [1.807, 2.05) is 0 Å². The maximum atomic E-state index is 11.2. The standard InChI is InChI=1S/C9H14N4O2/c1-6-10-9(15-12-6)11-7-3-4-8(14)13(2)5-7/h7H,3-5H2,1-2H3,(H,10,11,12). The quantitative estimate of drug-likeness (QED) is 0.765. The number of nitrogens with one attached hydrogen (secondary N) is 1. The molecule has 1 amide bonds. The highest BCUT2D eigenvalue weighted by atomic mass is 16.5. The zero-order valence-electron chi connectivity index (χ0n) is 8.86. The number of carbonyl (C=O) groups excluding carboxylic acids is 1. The van der Waals surface area contributed by atoms with Crippen molar-refractivity contribution in [2.75, 3.05) is 18.9 Å². The second kappa shape index (κ2) is 3.88. The number of anilines is 1. The number of nitrogens with zero attached hydrogens (tertiary/aromatic N) is 3. The van der Waals surface area contributed by atoms with Crippen molar-refractivity contribution < 1.29 is 9.32 Å². The van der Waals surface area contributed by atoms with E-state index in [-0.39, 0.29) is 11.9 Å². The monoisotopic (exact) mass is 210 g/mol. The van der Waals surface area contributed by atoms with Crippen molar-refractivity contribution in [1.29, 1.82) is 0 Å². The van der Waals surface area contributed by atoms with Gasteiger partial charge in [-0.2, -0.15) is 4.98 Å². The summed E-state index contributed by atoms with van der Waals surface area (Å²) in [6.45, 7) is 2.45. The first-order chi connectivity index (χ1) is 7.15. The molecule has 0 aliphatic carbocycles. The molecule has 1 aliphatic rings. The summed E-state index contributed by atoms with van der Waals surface area (Å²) in [5.41, 5.74) is 0. The summed E-state index contributed by atoms with van der Waals surface area (Å²) in [6, 6.07) is 0.632. The third-order valence-corrected chi connectivity index (χ3v) is 2.48.